The topological polar surface area (TPSA) is 83.5 Å². The van der Waals surface area contributed by atoms with Gasteiger partial charge in [0.15, 0.2) is 0 Å². The Morgan fingerprint density at radius 1 is 1.29 bits per heavy atom. The van der Waals surface area contributed by atoms with E-state index in [4.69, 9.17) is 5.11 Å². The van der Waals surface area contributed by atoms with Gasteiger partial charge in [-0.15, -0.1) is 0 Å². The molecule has 116 valence electrons. The van der Waals surface area contributed by atoms with Gasteiger partial charge in [-0.1, -0.05) is 25.5 Å². The van der Waals surface area contributed by atoms with Crippen LogP contribution in [-0.2, 0) is 21.2 Å². The molecule has 1 aromatic carbocycles. The van der Waals surface area contributed by atoms with E-state index < -0.39 is 16.0 Å². The van der Waals surface area contributed by atoms with Crippen LogP contribution < -0.4 is 4.72 Å². The largest absolute Gasteiger partial charge is 0.481 e. The molecule has 0 bridgehead atoms. The Morgan fingerprint density at radius 3 is 2.38 bits per heavy atom. The molecular weight excluding hydrogens is 290 g/mol. The zero-order chi connectivity index (χ0) is 15.5. The van der Waals surface area contributed by atoms with Crippen molar-refractivity contribution in [3.05, 3.63) is 29.8 Å². The highest BCUT2D eigenvalue weighted by atomic mass is 32.2. The second-order valence-electron chi connectivity index (χ2n) is 5.79. The lowest BCUT2D eigenvalue weighted by molar-refractivity contribution is -0.136. The Kier molecular flexibility index (Phi) is 4.68. The summed E-state index contributed by atoms with van der Waals surface area (Å²) in [7, 11) is -3.51. The minimum Gasteiger partial charge on any atom is -0.481 e. The van der Waals surface area contributed by atoms with Crippen LogP contribution in [0.3, 0.4) is 0 Å². The average Bonchev–Trinajstić information content (AvgIpc) is 3.17. The van der Waals surface area contributed by atoms with Crippen molar-refractivity contribution in [1.29, 1.82) is 0 Å². The number of hydrogen-bond donors (Lipinski definition) is 2. The van der Waals surface area contributed by atoms with Crippen LogP contribution in [-0.4, -0.2) is 26.0 Å². The Labute approximate surface area is 125 Å². The fraction of sp³-hybridized carbons (Fsp3) is 0.533. The predicted octanol–water partition coefficient (Wildman–Crippen LogP) is 2.17. The molecule has 0 radical (unpaired) electrons. The summed E-state index contributed by atoms with van der Waals surface area (Å²) in [5.41, 5.74) is 0.747. The van der Waals surface area contributed by atoms with Crippen molar-refractivity contribution in [2.75, 3.05) is 6.54 Å². The molecule has 1 saturated carbocycles. The monoisotopic (exact) mass is 311 g/mol. The van der Waals surface area contributed by atoms with Crippen molar-refractivity contribution in [2.45, 2.75) is 43.9 Å². The van der Waals surface area contributed by atoms with E-state index in [1.54, 1.807) is 12.1 Å². The van der Waals surface area contributed by atoms with Crippen molar-refractivity contribution >= 4 is 16.0 Å². The van der Waals surface area contributed by atoms with Gasteiger partial charge in [0.25, 0.3) is 0 Å². The molecule has 0 aromatic heterocycles. The molecule has 0 unspecified atom stereocenters. The van der Waals surface area contributed by atoms with E-state index in [1.807, 2.05) is 0 Å². The van der Waals surface area contributed by atoms with Crippen LogP contribution in [0, 0.1) is 5.41 Å². The zero-order valence-corrected chi connectivity index (χ0v) is 12.9. The smallest absolute Gasteiger partial charge is 0.307 e. The Morgan fingerprint density at radius 2 is 1.90 bits per heavy atom. The summed E-state index contributed by atoms with van der Waals surface area (Å²) in [6.07, 6.45) is 4.17. The van der Waals surface area contributed by atoms with E-state index in [-0.39, 0.29) is 16.7 Å². The third-order valence-electron chi connectivity index (χ3n) is 3.96. The number of aliphatic carboxylic acids is 1. The molecule has 6 heteroatoms. The quantitative estimate of drug-likeness (QED) is 0.770. The third kappa shape index (κ3) is 4.28. The van der Waals surface area contributed by atoms with Gasteiger partial charge in [0.1, 0.15) is 0 Å². The van der Waals surface area contributed by atoms with Gasteiger partial charge < -0.3 is 5.11 Å². The van der Waals surface area contributed by atoms with Crippen molar-refractivity contribution in [2.24, 2.45) is 5.41 Å². The van der Waals surface area contributed by atoms with Gasteiger partial charge in [0.05, 0.1) is 11.3 Å². The highest BCUT2D eigenvalue weighted by Gasteiger charge is 2.42. The number of benzene rings is 1. The lowest BCUT2D eigenvalue weighted by Gasteiger charge is -2.15. The maximum absolute atomic E-state index is 12.2. The molecule has 0 saturated heterocycles. The molecule has 0 atom stereocenters. The van der Waals surface area contributed by atoms with E-state index >= 15 is 0 Å². The number of hydrogen-bond acceptors (Lipinski definition) is 3. The molecular formula is C15H21NO4S. The summed E-state index contributed by atoms with van der Waals surface area (Å²) >= 11 is 0. The summed E-state index contributed by atoms with van der Waals surface area (Å²) in [5, 5.41) is 8.70. The van der Waals surface area contributed by atoms with Crippen LogP contribution in [0.5, 0.6) is 0 Å². The van der Waals surface area contributed by atoms with Crippen LogP contribution in [0.1, 0.15) is 38.2 Å². The highest BCUT2D eigenvalue weighted by molar-refractivity contribution is 7.89. The number of rotatable bonds is 8. The van der Waals surface area contributed by atoms with E-state index in [0.29, 0.717) is 12.1 Å². The molecule has 5 nitrogen and oxygen atoms in total. The number of sulfonamides is 1. The van der Waals surface area contributed by atoms with E-state index in [0.717, 1.165) is 25.7 Å². The molecule has 1 aromatic rings. The first-order valence-electron chi connectivity index (χ1n) is 7.17. The molecule has 1 aliphatic rings. The maximum Gasteiger partial charge on any atom is 0.307 e. The zero-order valence-electron chi connectivity index (χ0n) is 12.1. The third-order valence-corrected chi connectivity index (χ3v) is 5.38. The van der Waals surface area contributed by atoms with Gasteiger partial charge >= 0.3 is 5.97 Å². The average molecular weight is 311 g/mol. The minimum atomic E-state index is -3.51. The lowest BCUT2D eigenvalue weighted by atomic mass is 10.0. The second-order valence-corrected chi connectivity index (χ2v) is 7.56. The first-order valence-corrected chi connectivity index (χ1v) is 8.66. The van der Waals surface area contributed by atoms with Crippen molar-refractivity contribution in [3.63, 3.8) is 0 Å². The fourth-order valence-corrected chi connectivity index (χ4v) is 3.67. The molecule has 0 spiro atoms. The van der Waals surface area contributed by atoms with Gasteiger partial charge in [-0.25, -0.2) is 13.1 Å². The van der Waals surface area contributed by atoms with Gasteiger partial charge in [0.2, 0.25) is 10.0 Å². The predicted molar refractivity (Wildman–Crippen MR) is 79.5 cm³/mol. The summed E-state index contributed by atoms with van der Waals surface area (Å²) in [6.45, 7) is 2.59. The maximum atomic E-state index is 12.2. The molecule has 0 amide bonds. The van der Waals surface area contributed by atoms with Crippen LogP contribution in [0.2, 0.25) is 0 Å². The van der Waals surface area contributed by atoms with Crippen molar-refractivity contribution in [3.8, 4) is 0 Å². The second kappa shape index (κ2) is 6.15. The first kappa shape index (κ1) is 16.0. The normalized spacial score (nSPS) is 16.6. The SMILES string of the molecule is CCCC1(CNS(=O)(=O)c2ccc(CC(=O)O)cc2)CC1. The molecule has 2 rings (SSSR count). The Balaban J connectivity index is 2.00. The Hall–Kier alpha value is -1.40. The van der Waals surface area contributed by atoms with Gasteiger partial charge in [-0.05, 0) is 42.4 Å². The summed E-state index contributed by atoms with van der Waals surface area (Å²) < 4.78 is 27.1. The van der Waals surface area contributed by atoms with E-state index in [2.05, 4.69) is 11.6 Å². The number of carbonyl (C=O) groups is 1. The van der Waals surface area contributed by atoms with Crippen LogP contribution >= 0.6 is 0 Å². The molecule has 1 fully saturated rings. The number of carboxylic acid groups (broad SMARTS) is 1. The van der Waals surface area contributed by atoms with Gasteiger partial charge in [0, 0.05) is 6.54 Å². The molecule has 21 heavy (non-hydrogen) atoms. The summed E-state index contributed by atoms with van der Waals surface area (Å²) in [5.74, 6) is -0.932. The van der Waals surface area contributed by atoms with Crippen LogP contribution in [0.25, 0.3) is 0 Å². The fourth-order valence-electron chi connectivity index (χ4n) is 2.51. The number of nitrogens with one attached hydrogen (secondary N) is 1. The molecule has 1 aliphatic carbocycles. The summed E-state index contributed by atoms with van der Waals surface area (Å²) in [6, 6.07) is 6.00. The first-order chi connectivity index (χ1) is 9.87. The van der Waals surface area contributed by atoms with Gasteiger partial charge in [-0.3, -0.25) is 4.79 Å². The molecule has 0 aliphatic heterocycles. The van der Waals surface area contributed by atoms with Gasteiger partial charge in [-0.2, -0.15) is 0 Å². The standard InChI is InChI=1S/C15H21NO4S/c1-2-7-15(8-9-15)11-16-21(19,20)13-5-3-12(4-6-13)10-14(17)18/h3-6,16H,2,7-11H2,1H3,(H,17,18). The molecule has 0 heterocycles. The van der Waals surface area contributed by atoms with Crippen molar-refractivity contribution in [1.82, 2.24) is 4.72 Å². The molecule has 2 N–H and O–H groups in total. The highest BCUT2D eigenvalue weighted by Crippen LogP contribution is 2.49. The van der Waals surface area contributed by atoms with Crippen LogP contribution in [0.4, 0.5) is 0 Å². The van der Waals surface area contributed by atoms with Crippen molar-refractivity contribution < 1.29 is 18.3 Å². The number of carboxylic acids is 1. The van der Waals surface area contributed by atoms with Crippen LogP contribution in [0.15, 0.2) is 29.2 Å². The minimum absolute atomic E-state index is 0.104. The Bertz CT molecular complexity index is 603. The van der Waals surface area contributed by atoms with E-state index in [1.165, 1.54) is 12.1 Å². The van der Waals surface area contributed by atoms with E-state index in [9.17, 15) is 13.2 Å². The lowest BCUT2D eigenvalue weighted by Crippen LogP contribution is -2.30. The summed E-state index contributed by atoms with van der Waals surface area (Å²) in [4.78, 5) is 10.8.